The number of hydrogen-bond acceptors (Lipinski definition) is 1. The highest BCUT2D eigenvalue weighted by Crippen LogP contribution is 2.18. The second-order valence-corrected chi connectivity index (χ2v) is 3.14. The van der Waals surface area contributed by atoms with E-state index in [9.17, 15) is 9.90 Å². The van der Waals surface area contributed by atoms with Crippen LogP contribution in [0.5, 0.6) is 0 Å². The fraction of sp³-hybridized carbons (Fsp3) is 0.889. The molecule has 0 aromatic rings. The molecule has 1 atom stereocenters. The van der Waals surface area contributed by atoms with Crippen molar-refractivity contribution in [2.24, 2.45) is 11.8 Å². The van der Waals surface area contributed by atoms with Gasteiger partial charge in [-0.1, -0.05) is 33.6 Å². The zero-order valence-electron chi connectivity index (χ0n) is 7.59. The number of rotatable bonds is 5. The summed E-state index contributed by atoms with van der Waals surface area (Å²) >= 11 is 0. The first-order chi connectivity index (χ1) is 5.11. The van der Waals surface area contributed by atoms with E-state index in [-0.39, 0.29) is 5.92 Å². The van der Waals surface area contributed by atoms with E-state index in [0.717, 1.165) is 19.3 Å². The van der Waals surface area contributed by atoms with Crippen molar-refractivity contribution in [3.05, 3.63) is 0 Å². The van der Waals surface area contributed by atoms with Crippen molar-refractivity contribution in [2.45, 2.75) is 40.0 Å². The lowest BCUT2D eigenvalue weighted by molar-refractivity contribution is -0.148. The van der Waals surface area contributed by atoms with Gasteiger partial charge in [-0.3, -0.25) is 0 Å². The Balaban J connectivity index is 3.71. The molecular formula is C9H17O2. The number of hydrogen-bond donors (Lipinski definition) is 0. The highest BCUT2D eigenvalue weighted by atomic mass is 16.4. The van der Waals surface area contributed by atoms with E-state index in [2.05, 4.69) is 13.8 Å². The molecule has 0 N–H and O–H groups in total. The van der Waals surface area contributed by atoms with Crippen LogP contribution in [-0.2, 0) is 9.90 Å². The topological polar surface area (TPSA) is 37.0 Å². The van der Waals surface area contributed by atoms with Gasteiger partial charge in [0.15, 0.2) is 0 Å². The fourth-order valence-corrected chi connectivity index (χ4v) is 1.22. The Bertz CT molecular complexity index is 117. The van der Waals surface area contributed by atoms with E-state index in [4.69, 9.17) is 0 Å². The van der Waals surface area contributed by atoms with Crippen LogP contribution in [0.2, 0.25) is 0 Å². The Morgan fingerprint density at radius 3 is 2.00 bits per heavy atom. The van der Waals surface area contributed by atoms with Gasteiger partial charge >= 0.3 is 5.97 Å². The summed E-state index contributed by atoms with van der Waals surface area (Å²) in [6.45, 7) is 5.90. The predicted molar refractivity (Wildman–Crippen MR) is 43.5 cm³/mol. The molecule has 0 aromatic heterocycles. The van der Waals surface area contributed by atoms with Crippen LogP contribution in [0.25, 0.3) is 0 Å². The molecule has 0 aliphatic rings. The van der Waals surface area contributed by atoms with Crippen molar-refractivity contribution in [3.8, 4) is 0 Å². The lowest BCUT2D eigenvalue weighted by Crippen LogP contribution is -2.12. The summed E-state index contributed by atoms with van der Waals surface area (Å²) in [5.74, 6) is -0.667. The smallest absolute Gasteiger partial charge is 0.247 e. The van der Waals surface area contributed by atoms with E-state index >= 15 is 0 Å². The Labute approximate surface area is 68.6 Å². The molecule has 2 nitrogen and oxygen atoms in total. The second kappa shape index (κ2) is 5.16. The average Bonchev–Trinajstić information content (AvgIpc) is 1.99. The fourth-order valence-electron chi connectivity index (χ4n) is 1.22. The van der Waals surface area contributed by atoms with Crippen molar-refractivity contribution in [3.63, 3.8) is 0 Å². The molecule has 2 heteroatoms. The number of carbonyl (C=O) groups excluding carboxylic acids is 1. The Kier molecular flexibility index (Phi) is 4.92. The Morgan fingerprint density at radius 1 is 1.27 bits per heavy atom. The van der Waals surface area contributed by atoms with Gasteiger partial charge in [-0.2, -0.15) is 0 Å². The summed E-state index contributed by atoms with van der Waals surface area (Å²) in [7, 11) is 0. The maximum atomic E-state index is 10.4. The minimum absolute atomic E-state index is 0.292. The SMILES string of the molecule is CCC(CC)CC(C)C([O])=O. The molecule has 0 aromatic carbocycles. The lowest BCUT2D eigenvalue weighted by Gasteiger charge is -2.13. The molecular weight excluding hydrogens is 140 g/mol. The van der Waals surface area contributed by atoms with E-state index in [1.165, 1.54) is 0 Å². The molecule has 11 heavy (non-hydrogen) atoms. The maximum Gasteiger partial charge on any atom is 0.358 e. The maximum absolute atomic E-state index is 10.4. The third-order valence-electron chi connectivity index (χ3n) is 2.24. The molecule has 0 spiro atoms. The van der Waals surface area contributed by atoms with Gasteiger partial charge in [0, 0.05) is 0 Å². The molecule has 65 valence electrons. The van der Waals surface area contributed by atoms with Crippen molar-refractivity contribution in [2.75, 3.05) is 0 Å². The molecule has 0 aliphatic heterocycles. The molecule has 0 saturated heterocycles. The van der Waals surface area contributed by atoms with E-state index in [1.54, 1.807) is 6.92 Å². The van der Waals surface area contributed by atoms with E-state index in [0.29, 0.717) is 5.92 Å². The van der Waals surface area contributed by atoms with Crippen molar-refractivity contribution in [1.82, 2.24) is 0 Å². The summed E-state index contributed by atoms with van der Waals surface area (Å²) in [5.41, 5.74) is 0. The van der Waals surface area contributed by atoms with E-state index in [1.807, 2.05) is 0 Å². The third-order valence-corrected chi connectivity index (χ3v) is 2.24. The zero-order valence-corrected chi connectivity index (χ0v) is 7.59. The average molecular weight is 157 g/mol. The Hall–Kier alpha value is -0.530. The zero-order chi connectivity index (χ0) is 8.85. The molecule has 0 saturated carbocycles. The van der Waals surface area contributed by atoms with Gasteiger partial charge in [0.25, 0.3) is 0 Å². The Morgan fingerprint density at radius 2 is 1.73 bits per heavy atom. The van der Waals surface area contributed by atoms with Gasteiger partial charge in [-0.05, 0) is 12.3 Å². The molecule has 0 heterocycles. The first-order valence-corrected chi connectivity index (χ1v) is 4.32. The third kappa shape index (κ3) is 4.02. The van der Waals surface area contributed by atoms with Crippen LogP contribution in [0.15, 0.2) is 0 Å². The molecule has 0 amide bonds. The van der Waals surface area contributed by atoms with Gasteiger partial charge in [0.1, 0.15) is 0 Å². The first-order valence-electron chi connectivity index (χ1n) is 4.32. The summed E-state index contributed by atoms with van der Waals surface area (Å²) < 4.78 is 0. The summed E-state index contributed by atoms with van der Waals surface area (Å²) in [4.78, 5) is 10.4. The monoisotopic (exact) mass is 157 g/mol. The van der Waals surface area contributed by atoms with Gasteiger partial charge in [-0.15, -0.1) is 0 Å². The van der Waals surface area contributed by atoms with Crippen molar-refractivity contribution in [1.29, 1.82) is 0 Å². The van der Waals surface area contributed by atoms with Gasteiger partial charge in [0.05, 0.1) is 5.92 Å². The summed E-state index contributed by atoms with van der Waals surface area (Å²) in [6, 6.07) is 0. The van der Waals surface area contributed by atoms with Crippen molar-refractivity contribution < 1.29 is 9.90 Å². The minimum Gasteiger partial charge on any atom is -0.247 e. The highest BCUT2D eigenvalue weighted by molar-refractivity contribution is 5.68. The standard InChI is InChI=1S/C9H17O2/c1-4-8(5-2)6-7(3)9(10)11/h7-8H,4-6H2,1-3H3. The van der Waals surface area contributed by atoms with Crippen LogP contribution < -0.4 is 0 Å². The molecule has 1 unspecified atom stereocenters. The minimum atomic E-state index is -0.920. The van der Waals surface area contributed by atoms with Crippen molar-refractivity contribution >= 4 is 5.97 Å². The largest absolute Gasteiger partial charge is 0.358 e. The molecule has 0 aliphatic carbocycles. The quantitative estimate of drug-likeness (QED) is 0.603. The second-order valence-electron chi connectivity index (χ2n) is 3.14. The molecule has 0 fully saturated rings. The highest BCUT2D eigenvalue weighted by Gasteiger charge is 2.16. The van der Waals surface area contributed by atoms with Gasteiger partial charge < -0.3 is 0 Å². The molecule has 0 rings (SSSR count). The van der Waals surface area contributed by atoms with Gasteiger partial charge in [-0.25, -0.2) is 9.90 Å². The van der Waals surface area contributed by atoms with Crippen LogP contribution in [-0.4, -0.2) is 5.97 Å². The van der Waals surface area contributed by atoms with Crippen LogP contribution in [0.3, 0.4) is 0 Å². The van der Waals surface area contributed by atoms with Crippen LogP contribution in [0.4, 0.5) is 0 Å². The summed E-state index contributed by atoms with van der Waals surface area (Å²) in [6.07, 6.45) is 2.89. The molecule has 0 bridgehead atoms. The van der Waals surface area contributed by atoms with Crippen LogP contribution >= 0.6 is 0 Å². The number of carbonyl (C=O) groups is 1. The predicted octanol–water partition coefficient (Wildman–Crippen LogP) is 2.41. The van der Waals surface area contributed by atoms with Crippen LogP contribution in [0, 0.1) is 11.8 Å². The normalized spacial score (nSPS) is 13.5. The first kappa shape index (κ1) is 10.5. The van der Waals surface area contributed by atoms with Crippen LogP contribution in [0.1, 0.15) is 40.0 Å². The van der Waals surface area contributed by atoms with E-state index < -0.39 is 5.97 Å². The summed E-state index contributed by atoms with van der Waals surface area (Å²) in [5, 5.41) is 10.4. The van der Waals surface area contributed by atoms with Gasteiger partial charge in [0.2, 0.25) is 0 Å². The molecule has 1 radical (unpaired) electrons. The lowest BCUT2D eigenvalue weighted by atomic mass is 9.92.